The maximum atomic E-state index is 2.16. The molecule has 2 aliphatic rings. The van der Waals surface area contributed by atoms with E-state index >= 15 is 0 Å². The molecular weight excluding hydrogens is 292 g/mol. The van der Waals surface area contributed by atoms with Gasteiger partial charge in [-0.1, -0.05) is 69.8 Å². The minimum absolute atomic E-state index is 1.37. The molecule has 0 radical (unpaired) electrons. The highest BCUT2D eigenvalue weighted by Crippen LogP contribution is 2.40. The van der Waals surface area contributed by atoms with Crippen molar-refractivity contribution in [3.8, 4) is 0 Å². The van der Waals surface area contributed by atoms with Gasteiger partial charge in [0.05, 0.1) is 0 Å². The summed E-state index contributed by atoms with van der Waals surface area (Å²) in [5.74, 6) is 2.73. The molecule has 2 rings (SSSR count). The highest BCUT2D eigenvalue weighted by molar-refractivity contribution is 8.22. The molecule has 0 aromatic rings. The van der Waals surface area contributed by atoms with Crippen molar-refractivity contribution in [3.63, 3.8) is 0 Å². The lowest BCUT2D eigenvalue weighted by molar-refractivity contribution is 0.548. The smallest absolute Gasteiger partial charge is 0.0392 e. The van der Waals surface area contributed by atoms with Crippen molar-refractivity contribution in [1.29, 1.82) is 0 Å². The predicted octanol–water partition coefficient (Wildman–Crippen LogP) is 7.54. The molecule has 0 nitrogen and oxygen atoms in total. The summed E-state index contributed by atoms with van der Waals surface area (Å²) >= 11 is 4.32. The van der Waals surface area contributed by atoms with E-state index < -0.39 is 0 Å². The van der Waals surface area contributed by atoms with E-state index in [0.717, 1.165) is 0 Å². The Labute approximate surface area is 141 Å². The van der Waals surface area contributed by atoms with E-state index in [9.17, 15) is 0 Å². The maximum absolute atomic E-state index is 2.16. The molecule has 0 unspecified atom stereocenters. The van der Waals surface area contributed by atoms with Crippen LogP contribution in [0.3, 0.4) is 0 Å². The lowest BCUT2D eigenvalue weighted by Crippen LogP contribution is -1.97. The second-order valence-electron chi connectivity index (χ2n) is 6.68. The first-order valence-electron chi connectivity index (χ1n) is 9.44. The maximum Gasteiger partial charge on any atom is 0.0392 e. The van der Waals surface area contributed by atoms with Gasteiger partial charge >= 0.3 is 0 Å². The van der Waals surface area contributed by atoms with Crippen molar-refractivity contribution in [3.05, 3.63) is 9.81 Å². The lowest BCUT2D eigenvalue weighted by atomic mass is 10.0. The molecule has 122 valence electrons. The molecule has 2 heteroatoms. The Bertz CT molecular complexity index is 270. The van der Waals surface area contributed by atoms with Gasteiger partial charge in [0.15, 0.2) is 0 Å². The molecule has 2 fully saturated rings. The monoisotopic (exact) mass is 326 g/mol. The topological polar surface area (TPSA) is 0 Å². The van der Waals surface area contributed by atoms with Crippen LogP contribution in [0.5, 0.6) is 0 Å². The van der Waals surface area contributed by atoms with E-state index in [1.165, 1.54) is 108 Å². The van der Waals surface area contributed by atoms with Gasteiger partial charge in [0.2, 0.25) is 0 Å². The quantitative estimate of drug-likeness (QED) is 0.451. The minimum Gasteiger partial charge on any atom is -0.119 e. The van der Waals surface area contributed by atoms with Crippen LogP contribution in [0.4, 0.5) is 0 Å². The Morgan fingerprint density at radius 2 is 0.810 bits per heavy atom. The SMILES string of the molecule is C1CCCCCCCC(=C2SCCCS2)CCCCCC1. The third kappa shape index (κ3) is 8.02. The van der Waals surface area contributed by atoms with Gasteiger partial charge in [-0.25, -0.2) is 0 Å². The van der Waals surface area contributed by atoms with Crippen LogP contribution < -0.4 is 0 Å². The van der Waals surface area contributed by atoms with E-state index in [1.807, 2.05) is 5.57 Å². The summed E-state index contributed by atoms with van der Waals surface area (Å²) in [6.07, 6.45) is 21.9. The molecule has 1 aliphatic heterocycles. The first-order valence-corrected chi connectivity index (χ1v) is 11.4. The third-order valence-corrected chi connectivity index (χ3v) is 7.55. The molecule has 0 atom stereocenters. The largest absolute Gasteiger partial charge is 0.119 e. The van der Waals surface area contributed by atoms with Crippen molar-refractivity contribution in [1.82, 2.24) is 0 Å². The van der Waals surface area contributed by atoms with Crippen molar-refractivity contribution in [2.75, 3.05) is 11.5 Å². The van der Waals surface area contributed by atoms with Crippen molar-refractivity contribution >= 4 is 23.5 Å². The summed E-state index contributed by atoms with van der Waals surface area (Å²) < 4.78 is 1.73. The summed E-state index contributed by atoms with van der Waals surface area (Å²) in [4.78, 5) is 0. The van der Waals surface area contributed by atoms with Crippen LogP contribution in [0.2, 0.25) is 0 Å². The van der Waals surface area contributed by atoms with E-state index in [-0.39, 0.29) is 0 Å². The van der Waals surface area contributed by atoms with Gasteiger partial charge in [-0.15, -0.1) is 23.5 Å². The highest BCUT2D eigenvalue weighted by atomic mass is 32.2. The van der Waals surface area contributed by atoms with Crippen LogP contribution in [0.25, 0.3) is 0 Å². The molecule has 1 heterocycles. The number of rotatable bonds is 0. The molecule has 1 aliphatic carbocycles. The zero-order chi connectivity index (χ0) is 14.6. The van der Waals surface area contributed by atoms with Crippen LogP contribution in [0, 0.1) is 0 Å². The second kappa shape index (κ2) is 11.9. The molecule has 0 N–H and O–H groups in total. The number of hydrogen-bond acceptors (Lipinski definition) is 2. The Balaban J connectivity index is 1.82. The van der Waals surface area contributed by atoms with Crippen LogP contribution in [-0.4, -0.2) is 11.5 Å². The van der Waals surface area contributed by atoms with Crippen molar-refractivity contribution in [2.24, 2.45) is 0 Å². The first kappa shape index (κ1) is 17.8. The standard InChI is InChI=1S/C19H34S2/c1-2-4-6-8-10-12-15-18(14-11-9-7-5-3-1)19-20-16-13-17-21-19/h1-17H2. The van der Waals surface area contributed by atoms with Crippen LogP contribution in [-0.2, 0) is 0 Å². The van der Waals surface area contributed by atoms with Gasteiger partial charge in [-0.2, -0.15) is 0 Å². The van der Waals surface area contributed by atoms with E-state index in [2.05, 4.69) is 23.5 Å². The molecule has 0 spiro atoms. The normalized spacial score (nSPS) is 25.1. The molecule has 0 bridgehead atoms. The van der Waals surface area contributed by atoms with Crippen molar-refractivity contribution in [2.45, 2.75) is 96.3 Å². The van der Waals surface area contributed by atoms with Crippen LogP contribution >= 0.6 is 23.5 Å². The summed E-state index contributed by atoms with van der Waals surface area (Å²) in [7, 11) is 0. The van der Waals surface area contributed by atoms with E-state index in [0.29, 0.717) is 0 Å². The first-order chi connectivity index (χ1) is 10.5. The zero-order valence-corrected chi connectivity index (χ0v) is 15.5. The van der Waals surface area contributed by atoms with Crippen molar-refractivity contribution < 1.29 is 0 Å². The average Bonchev–Trinajstić information content (AvgIpc) is 2.54. The summed E-state index contributed by atoms with van der Waals surface area (Å²) in [6.45, 7) is 0. The van der Waals surface area contributed by atoms with E-state index in [4.69, 9.17) is 0 Å². The highest BCUT2D eigenvalue weighted by Gasteiger charge is 2.12. The molecule has 1 saturated carbocycles. The van der Waals surface area contributed by atoms with Gasteiger partial charge < -0.3 is 0 Å². The molecular formula is C19H34S2. The van der Waals surface area contributed by atoms with Gasteiger partial charge in [-0.05, 0) is 43.6 Å². The summed E-state index contributed by atoms with van der Waals surface area (Å²) in [6, 6.07) is 0. The number of thioether (sulfide) groups is 2. The lowest BCUT2D eigenvalue weighted by Gasteiger charge is -2.18. The Morgan fingerprint density at radius 3 is 1.24 bits per heavy atom. The molecule has 0 amide bonds. The number of hydrogen-bond donors (Lipinski definition) is 0. The second-order valence-corrected chi connectivity index (χ2v) is 9.15. The van der Waals surface area contributed by atoms with Gasteiger partial charge in [0.25, 0.3) is 0 Å². The summed E-state index contributed by atoms with van der Waals surface area (Å²) in [5, 5.41) is 0. The van der Waals surface area contributed by atoms with Gasteiger partial charge in [0.1, 0.15) is 0 Å². The molecule has 0 aromatic heterocycles. The zero-order valence-electron chi connectivity index (χ0n) is 13.8. The van der Waals surface area contributed by atoms with Gasteiger partial charge in [0, 0.05) is 4.24 Å². The predicted molar refractivity (Wildman–Crippen MR) is 101 cm³/mol. The van der Waals surface area contributed by atoms with Crippen LogP contribution in [0.15, 0.2) is 9.81 Å². The molecule has 0 aromatic carbocycles. The Hall–Kier alpha value is 0.440. The fourth-order valence-corrected chi connectivity index (χ4v) is 6.19. The molecule has 21 heavy (non-hydrogen) atoms. The number of allylic oxidation sites excluding steroid dienone is 1. The fraction of sp³-hybridized carbons (Fsp3) is 0.895. The fourth-order valence-electron chi connectivity index (χ4n) is 3.41. The average molecular weight is 327 g/mol. The van der Waals surface area contributed by atoms with Gasteiger partial charge in [-0.3, -0.25) is 0 Å². The van der Waals surface area contributed by atoms with Crippen LogP contribution in [0.1, 0.15) is 96.3 Å². The minimum atomic E-state index is 1.37. The Morgan fingerprint density at radius 1 is 0.429 bits per heavy atom. The Kier molecular flexibility index (Phi) is 10.1. The molecule has 1 saturated heterocycles. The van der Waals surface area contributed by atoms with E-state index in [1.54, 1.807) is 4.24 Å². The summed E-state index contributed by atoms with van der Waals surface area (Å²) in [5.41, 5.74) is 1.83. The third-order valence-electron chi connectivity index (χ3n) is 4.75.